The summed E-state index contributed by atoms with van der Waals surface area (Å²) in [7, 11) is 0. The molecule has 0 aromatic heterocycles. The molecule has 0 saturated carbocycles. The van der Waals surface area contributed by atoms with Gasteiger partial charge in [0.05, 0.1) is 0 Å². The Hall–Kier alpha value is -2.08. The van der Waals surface area contributed by atoms with Crippen molar-refractivity contribution in [3.05, 3.63) is 65.7 Å². The van der Waals surface area contributed by atoms with Crippen LogP contribution in [0.4, 0.5) is 0 Å². The van der Waals surface area contributed by atoms with Gasteiger partial charge in [0, 0.05) is 0 Å². The number of allylic oxidation sites excluding steroid dienone is 1. The Kier molecular flexibility index (Phi) is 2.64. The molecule has 0 heteroatoms. The molecule has 0 fully saturated rings. The maximum atomic E-state index is 2.30. The van der Waals surface area contributed by atoms with E-state index in [0.717, 1.165) is 0 Å². The second-order valence-electron chi connectivity index (χ2n) is 4.72. The first-order valence-electron chi connectivity index (χ1n) is 6.34. The van der Waals surface area contributed by atoms with Gasteiger partial charge in [-0.25, -0.2) is 0 Å². The Morgan fingerprint density at radius 1 is 0.833 bits per heavy atom. The molecule has 0 unspecified atom stereocenters. The summed E-state index contributed by atoms with van der Waals surface area (Å²) in [6, 6.07) is 17.5. The van der Waals surface area contributed by atoms with E-state index in [2.05, 4.69) is 74.5 Å². The molecule has 0 bridgehead atoms. The Labute approximate surface area is 108 Å². The van der Waals surface area contributed by atoms with Crippen molar-refractivity contribution in [1.29, 1.82) is 0 Å². The molecule has 0 nitrogen and oxygen atoms in total. The highest BCUT2D eigenvalue weighted by Crippen LogP contribution is 2.28. The van der Waals surface area contributed by atoms with Crippen LogP contribution in [0.3, 0.4) is 0 Å². The summed E-state index contributed by atoms with van der Waals surface area (Å²) in [5.74, 6) is 0. The van der Waals surface area contributed by atoms with Crippen molar-refractivity contribution in [3.63, 3.8) is 0 Å². The summed E-state index contributed by atoms with van der Waals surface area (Å²) >= 11 is 0. The number of aryl methyl sites for hydroxylation is 1. The zero-order chi connectivity index (χ0) is 12.5. The number of hydrogen-bond acceptors (Lipinski definition) is 0. The molecule has 18 heavy (non-hydrogen) atoms. The minimum atomic E-state index is 1.31. The fraction of sp³-hybridized carbons (Fsp3) is 0.111. The highest BCUT2D eigenvalue weighted by Gasteiger charge is 2.03. The first-order chi connectivity index (χ1) is 8.79. The SMILES string of the molecule is C/C=C\c1c(C)ccc2cc3ccccc3cc12. The van der Waals surface area contributed by atoms with E-state index in [1.807, 2.05) is 0 Å². The quantitative estimate of drug-likeness (QED) is 0.497. The maximum absolute atomic E-state index is 2.30. The van der Waals surface area contributed by atoms with Crippen molar-refractivity contribution in [1.82, 2.24) is 0 Å². The van der Waals surface area contributed by atoms with Gasteiger partial charge in [-0.15, -0.1) is 0 Å². The molecule has 0 aliphatic rings. The summed E-state index contributed by atoms with van der Waals surface area (Å²) in [6.07, 6.45) is 4.31. The van der Waals surface area contributed by atoms with E-state index in [1.165, 1.54) is 32.7 Å². The van der Waals surface area contributed by atoms with Crippen molar-refractivity contribution in [3.8, 4) is 0 Å². The van der Waals surface area contributed by atoms with E-state index in [4.69, 9.17) is 0 Å². The van der Waals surface area contributed by atoms with E-state index in [9.17, 15) is 0 Å². The Morgan fingerprint density at radius 2 is 1.56 bits per heavy atom. The average Bonchev–Trinajstić information content (AvgIpc) is 2.40. The van der Waals surface area contributed by atoms with Gasteiger partial charge in [-0.1, -0.05) is 48.6 Å². The molecule has 0 atom stereocenters. The van der Waals surface area contributed by atoms with Crippen LogP contribution in [0.5, 0.6) is 0 Å². The van der Waals surface area contributed by atoms with Crippen LogP contribution in [-0.4, -0.2) is 0 Å². The summed E-state index contributed by atoms with van der Waals surface area (Å²) in [5, 5.41) is 5.26. The molecule has 0 aliphatic heterocycles. The second-order valence-corrected chi connectivity index (χ2v) is 4.72. The molecule has 3 aromatic carbocycles. The van der Waals surface area contributed by atoms with Gasteiger partial charge in [-0.3, -0.25) is 0 Å². The highest BCUT2D eigenvalue weighted by atomic mass is 14.1. The fourth-order valence-corrected chi connectivity index (χ4v) is 2.53. The third kappa shape index (κ3) is 1.70. The molecule has 0 aliphatic carbocycles. The summed E-state index contributed by atoms with van der Waals surface area (Å²) in [6.45, 7) is 4.24. The standard InChI is InChI=1S/C18H16/c1-3-6-17-13(2)9-10-16-11-14-7-4-5-8-15(14)12-18(16)17/h3-12H,1-2H3/b6-3-. The number of benzene rings is 3. The van der Waals surface area contributed by atoms with Crippen LogP contribution in [0.25, 0.3) is 27.6 Å². The average molecular weight is 232 g/mol. The van der Waals surface area contributed by atoms with Crippen molar-refractivity contribution in [2.75, 3.05) is 0 Å². The molecule has 3 rings (SSSR count). The normalized spacial score (nSPS) is 11.7. The number of fused-ring (bicyclic) bond motifs is 2. The second kappa shape index (κ2) is 4.30. The van der Waals surface area contributed by atoms with Crippen LogP contribution in [0.15, 0.2) is 54.6 Å². The largest absolute Gasteiger partial charge is 0.0870 e. The zero-order valence-corrected chi connectivity index (χ0v) is 10.8. The van der Waals surface area contributed by atoms with Gasteiger partial charge in [0.2, 0.25) is 0 Å². The van der Waals surface area contributed by atoms with Gasteiger partial charge >= 0.3 is 0 Å². The molecule has 0 spiro atoms. The predicted molar refractivity (Wildman–Crippen MR) is 80.9 cm³/mol. The number of rotatable bonds is 1. The number of hydrogen-bond donors (Lipinski definition) is 0. The van der Waals surface area contributed by atoms with Crippen LogP contribution >= 0.6 is 0 Å². The van der Waals surface area contributed by atoms with Gasteiger partial charge < -0.3 is 0 Å². The van der Waals surface area contributed by atoms with Gasteiger partial charge in [0.1, 0.15) is 0 Å². The molecular formula is C18H16. The molecule has 0 radical (unpaired) electrons. The van der Waals surface area contributed by atoms with Gasteiger partial charge in [0.25, 0.3) is 0 Å². The monoisotopic (exact) mass is 232 g/mol. The van der Waals surface area contributed by atoms with E-state index < -0.39 is 0 Å². The van der Waals surface area contributed by atoms with E-state index in [1.54, 1.807) is 0 Å². The lowest BCUT2D eigenvalue weighted by Gasteiger charge is -2.08. The first kappa shape index (κ1) is 11.0. The highest BCUT2D eigenvalue weighted by molar-refractivity contribution is 6.02. The predicted octanol–water partition coefficient (Wildman–Crippen LogP) is 5.33. The first-order valence-corrected chi connectivity index (χ1v) is 6.34. The lowest BCUT2D eigenvalue weighted by atomic mass is 9.96. The molecule has 0 heterocycles. The Balaban J connectivity index is 2.46. The Morgan fingerprint density at radius 3 is 2.28 bits per heavy atom. The van der Waals surface area contributed by atoms with Crippen molar-refractivity contribution < 1.29 is 0 Å². The maximum Gasteiger partial charge on any atom is -0.0102 e. The van der Waals surface area contributed by atoms with Crippen LogP contribution in [0, 0.1) is 6.92 Å². The molecule has 0 saturated heterocycles. The molecule has 3 aromatic rings. The summed E-state index contributed by atoms with van der Waals surface area (Å²) in [5.41, 5.74) is 2.66. The van der Waals surface area contributed by atoms with Crippen molar-refractivity contribution in [2.45, 2.75) is 13.8 Å². The third-order valence-electron chi connectivity index (χ3n) is 3.48. The summed E-state index contributed by atoms with van der Waals surface area (Å²) in [4.78, 5) is 0. The lowest BCUT2D eigenvalue weighted by Crippen LogP contribution is -1.85. The minimum absolute atomic E-state index is 1.31. The topological polar surface area (TPSA) is 0 Å². The summed E-state index contributed by atoms with van der Waals surface area (Å²) < 4.78 is 0. The van der Waals surface area contributed by atoms with E-state index >= 15 is 0 Å². The molecular weight excluding hydrogens is 216 g/mol. The Bertz CT molecular complexity index is 748. The minimum Gasteiger partial charge on any atom is -0.0870 e. The van der Waals surface area contributed by atoms with Crippen LogP contribution < -0.4 is 0 Å². The van der Waals surface area contributed by atoms with E-state index in [-0.39, 0.29) is 0 Å². The fourth-order valence-electron chi connectivity index (χ4n) is 2.53. The van der Waals surface area contributed by atoms with Gasteiger partial charge in [-0.2, -0.15) is 0 Å². The molecule has 88 valence electrons. The molecule has 0 N–H and O–H groups in total. The van der Waals surface area contributed by atoms with Crippen molar-refractivity contribution >= 4 is 27.6 Å². The molecule has 0 amide bonds. The van der Waals surface area contributed by atoms with E-state index in [0.29, 0.717) is 0 Å². The van der Waals surface area contributed by atoms with Crippen molar-refractivity contribution in [2.24, 2.45) is 0 Å². The van der Waals surface area contributed by atoms with Gasteiger partial charge in [0.15, 0.2) is 0 Å². The smallest absolute Gasteiger partial charge is 0.0102 e. The third-order valence-corrected chi connectivity index (χ3v) is 3.48. The lowest BCUT2D eigenvalue weighted by molar-refractivity contribution is 1.48. The zero-order valence-electron chi connectivity index (χ0n) is 10.8. The van der Waals surface area contributed by atoms with Crippen LogP contribution in [-0.2, 0) is 0 Å². The van der Waals surface area contributed by atoms with Crippen LogP contribution in [0.2, 0.25) is 0 Å². The van der Waals surface area contributed by atoms with Gasteiger partial charge in [-0.05, 0) is 58.7 Å². The van der Waals surface area contributed by atoms with Crippen LogP contribution in [0.1, 0.15) is 18.1 Å².